The Morgan fingerprint density at radius 3 is 2.20 bits per heavy atom. The average molecular weight is 289 g/mol. The lowest BCUT2D eigenvalue weighted by Crippen LogP contribution is -2.17. The van der Waals surface area contributed by atoms with Crippen LogP contribution < -0.4 is 0 Å². The van der Waals surface area contributed by atoms with Crippen LogP contribution in [0.4, 0.5) is 0 Å². The van der Waals surface area contributed by atoms with Gasteiger partial charge in [0.05, 0.1) is 10.6 Å². The fourth-order valence-electron chi connectivity index (χ4n) is 2.18. The number of rotatable bonds is 5. The third kappa shape index (κ3) is 3.25. The van der Waals surface area contributed by atoms with Gasteiger partial charge in [-0.15, -0.1) is 0 Å². The summed E-state index contributed by atoms with van der Waals surface area (Å²) in [7, 11) is -3.41. The quantitative estimate of drug-likeness (QED) is 0.844. The Balaban J connectivity index is 2.47. The molecule has 0 aliphatic carbocycles. The lowest BCUT2D eigenvalue weighted by atomic mass is 10.1. The number of hydrogen-bond acceptors (Lipinski definition) is 3. The second-order valence-electron chi connectivity index (χ2n) is 5.23. The molecule has 0 spiro atoms. The maximum absolute atomic E-state index is 12.8. The normalized spacial score (nSPS) is 13.3. The standard InChI is InChI=1S/C16H19NO2S/c1-13(2)12-16(15-10-6-7-11-17-15)20(18,19)14-8-4-3-5-9-14/h3-11,13,16H,12H2,1-2H3. The zero-order valence-electron chi connectivity index (χ0n) is 11.7. The summed E-state index contributed by atoms with van der Waals surface area (Å²) in [6.07, 6.45) is 2.21. The third-order valence-electron chi connectivity index (χ3n) is 3.15. The Morgan fingerprint density at radius 1 is 1.00 bits per heavy atom. The van der Waals surface area contributed by atoms with Gasteiger partial charge >= 0.3 is 0 Å². The second kappa shape index (κ2) is 6.18. The summed E-state index contributed by atoms with van der Waals surface area (Å²) >= 11 is 0. The van der Waals surface area contributed by atoms with Crippen molar-refractivity contribution >= 4 is 9.84 Å². The van der Waals surface area contributed by atoms with Gasteiger partial charge in [0, 0.05) is 6.20 Å². The molecule has 4 heteroatoms. The first kappa shape index (κ1) is 14.7. The van der Waals surface area contributed by atoms with E-state index < -0.39 is 15.1 Å². The van der Waals surface area contributed by atoms with E-state index in [2.05, 4.69) is 4.98 Å². The molecule has 106 valence electrons. The highest BCUT2D eigenvalue weighted by atomic mass is 32.2. The zero-order valence-corrected chi connectivity index (χ0v) is 12.5. The highest BCUT2D eigenvalue weighted by Gasteiger charge is 2.30. The van der Waals surface area contributed by atoms with Gasteiger partial charge in [-0.25, -0.2) is 8.42 Å². The molecule has 20 heavy (non-hydrogen) atoms. The van der Waals surface area contributed by atoms with Crippen LogP contribution in [0.1, 0.15) is 31.2 Å². The monoisotopic (exact) mass is 289 g/mol. The van der Waals surface area contributed by atoms with Crippen LogP contribution in [0.5, 0.6) is 0 Å². The molecule has 1 heterocycles. The van der Waals surface area contributed by atoms with E-state index in [1.54, 1.807) is 42.6 Å². The molecule has 0 radical (unpaired) electrons. The van der Waals surface area contributed by atoms with Crippen LogP contribution >= 0.6 is 0 Å². The van der Waals surface area contributed by atoms with E-state index in [0.717, 1.165) is 0 Å². The molecule has 0 N–H and O–H groups in total. The van der Waals surface area contributed by atoms with Gasteiger partial charge in [0.2, 0.25) is 0 Å². The summed E-state index contributed by atoms with van der Waals surface area (Å²) in [6.45, 7) is 4.05. The summed E-state index contributed by atoms with van der Waals surface area (Å²) in [5.41, 5.74) is 0.616. The van der Waals surface area contributed by atoms with Crippen molar-refractivity contribution in [3.8, 4) is 0 Å². The summed E-state index contributed by atoms with van der Waals surface area (Å²) < 4.78 is 25.7. The predicted molar refractivity (Wildman–Crippen MR) is 80.1 cm³/mol. The molecule has 0 aliphatic heterocycles. The molecule has 0 aliphatic rings. The van der Waals surface area contributed by atoms with E-state index in [4.69, 9.17) is 0 Å². The van der Waals surface area contributed by atoms with E-state index >= 15 is 0 Å². The van der Waals surface area contributed by atoms with Crippen LogP contribution in [-0.4, -0.2) is 13.4 Å². The summed E-state index contributed by atoms with van der Waals surface area (Å²) in [5.74, 6) is 0.278. The van der Waals surface area contributed by atoms with Crippen molar-refractivity contribution < 1.29 is 8.42 Å². The maximum atomic E-state index is 12.8. The van der Waals surface area contributed by atoms with Crippen molar-refractivity contribution in [2.75, 3.05) is 0 Å². The molecule has 1 aromatic carbocycles. The lowest BCUT2D eigenvalue weighted by Gasteiger charge is -2.19. The molecule has 0 bridgehead atoms. The Morgan fingerprint density at radius 2 is 1.65 bits per heavy atom. The van der Waals surface area contributed by atoms with Crippen molar-refractivity contribution in [2.24, 2.45) is 5.92 Å². The fourth-order valence-corrected chi connectivity index (χ4v) is 4.14. The first-order valence-electron chi connectivity index (χ1n) is 6.71. The Kier molecular flexibility index (Phi) is 4.55. The molecule has 0 saturated heterocycles. The summed E-state index contributed by atoms with van der Waals surface area (Å²) in [6, 6.07) is 14.0. The molecule has 2 rings (SSSR count). The number of aromatic nitrogens is 1. The third-order valence-corrected chi connectivity index (χ3v) is 5.26. The molecular weight excluding hydrogens is 270 g/mol. The maximum Gasteiger partial charge on any atom is 0.186 e. The number of pyridine rings is 1. The van der Waals surface area contributed by atoms with Crippen molar-refractivity contribution in [1.82, 2.24) is 4.98 Å². The first-order valence-corrected chi connectivity index (χ1v) is 8.26. The van der Waals surface area contributed by atoms with Crippen molar-refractivity contribution in [1.29, 1.82) is 0 Å². The van der Waals surface area contributed by atoms with Gasteiger partial charge in [0.1, 0.15) is 5.25 Å². The smallest absolute Gasteiger partial charge is 0.186 e. The molecule has 2 aromatic rings. The molecule has 0 amide bonds. The van der Waals surface area contributed by atoms with Crippen LogP contribution in [0, 0.1) is 5.92 Å². The largest absolute Gasteiger partial charge is 0.260 e. The van der Waals surface area contributed by atoms with E-state index in [1.165, 1.54) is 0 Å². The predicted octanol–water partition coefficient (Wildman–Crippen LogP) is 3.64. The average Bonchev–Trinajstić information content (AvgIpc) is 2.46. The van der Waals surface area contributed by atoms with Gasteiger partial charge in [-0.1, -0.05) is 38.1 Å². The lowest BCUT2D eigenvalue weighted by molar-refractivity contribution is 0.527. The minimum absolute atomic E-state index is 0.278. The Hall–Kier alpha value is -1.68. The van der Waals surface area contributed by atoms with Gasteiger partial charge in [-0.3, -0.25) is 4.98 Å². The Bertz CT molecular complexity index is 637. The molecular formula is C16H19NO2S. The van der Waals surface area contributed by atoms with Crippen molar-refractivity contribution in [3.63, 3.8) is 0 Å². The molecule has 1 atom stereocenters. The van der Waals surface area contributed by atoms with Gasteiger partial charge in [-0.2, -0.15) is 0 Å². The van der Waals surface area contributed by atoms with E-state index in [-0.39, 0.29) is 5.92 Å². The van der Waals surface area contributed by atoms with Gasteiger partial charge < -0.3 is 0 Å². The van der Waals surface area contributed by atoms with Crippen LogP contribution in [-0.2, 0) is 9.84 Å². The fraction of sp³-hybridized carbons (Fsp3) is 0.312. The first-order chi connectivity index (χ1) is 9.51. The van der Waals surface area contributed by atoms with Crippen LogP contribution in [0.15, 0.2) is 59.6 Å². The topological polar surface area (TPSA) is 47.0 Å². The van der Waals surface area contributed by atoms with E-state index in [9.17, 15) is 8.42 Å². The van der Waals surface area contributed by atoms with Gasteiger partial charge in [0.25, 0.3) is 0 Å². The Labute approximate surface area is 120 Å². The number of sulfone groups is 1. The van der Waals surface area contributed by atoms with Crippen LogP contribution in [0.3, 0.4) is 0 Å². The molecule has 1 unspecified atom stereocenters. The number of benzene rings is 1. The molecule has 0 saturated carbocycles. The van der Waals surface area contributed by atoms with E-state index in [1.807, 2.05) is 26.0 Å². The zero-order chi connectivity index (χ0) is 14.6. The number of nitrogens with zero attached hydrogens (tertiary/aromatic N) is 1. The highest BCUT2D eigenvalue weighted by Crippen LogP contribution is 2.32. The summed E-state index contributed by atoms with van der Waals surface area (Å²) in [5, 5.41) is -0.592. The number of hydrogen-bond donors (Lipinski definition) is 0. The van der Waals surface area contributed by atoms with Gasteiger partial charge in [-0.05, 0) is 36.6 Å². The van der Waals surface area contributed by atoms with Crippen molar-refractivity contribution in [3.05, 3.63) is 60.4 Å². The molecule has 1 aromatic heterocycles. The minimum atomic E-state index is -3.41. The highest BCUT2D eigenvalue weighted by molar-refractivity contribution is 7.91. The van der Waals surface area contributed by atoms with Crippen LogP contribution in [0.2, 0.25) is 0 Å². The molecule has 3 nitrogen and oxygen atoms in total. The van der Waals surface area contributed by atoms with Gasteiger partial charge in [0.15, 0.2) is 9.84 Å². The van der Waals surface area contributed by atoms with Crippen molar-refractivity contribution in [2.45, 2.75) is 30.4 Å². The SMILES string of the molecule is CC(C)CC(c1ccccn1)S(=O)(=O)c1ccccc1. The second-order valence-corrected chi connectivity index (χ2v) is 7.36. The van der Waals surface area contributed by atoms with Crippen LogP contribution in [0.25, 0.3) is 0 Å². The minimum Gasteiger partial charge on any atom is -0.260 e. The van der Waals surface area contributed by atoms with E-state index in [0.29, 0.717) is 17.0 Å². The molecule has 0 fully saturated rings. The summed E-state index contributed by atoms with van der Waals surface area (Å²) in [4.78, 5) is 4.60.